The summed E-state index contributed by atoms with van der Waals surface area (Å²) >= 11 is 6.11. The van der Waals surface area contributed by atoms with Crippen LogP contribution in [0.1, 0.15) is 46.6 Å². The van der Waals surface area contributed by atoms with Crippen LogP contribution in [0.2, 0.25) is 5.02 Å². The number of hydrogen-bond acceptors (Lipinski definition) is 5. The van der Waals surface area contributed by atoms with Gasteiger partial charge in [-0.3, -0.25) is 4.79 Å². The Bertz CT molecular complexity index is 966. The molecule has 1 aliphatic carbocycles. The van der Waals surface area contributed by atoms with E-state index in [-0.39, 0.29) is 18.0 Å². The van der Waals surface area contributed by atoms with E-state index in [1.54, 1.807) is 12.3 Å². The molecular weight excluding hydrogens is 362 g/mol. The first-order valence-corrected chi connectivity index (χ1v) is 9.49. The van der Waals surface area contributed by atoms with Gasteiger partial charge in [-0.2, -0.15) is 5.26 Å². The summed E-state index contributed by atoms with van der Waals surface area (Å²) in [6.07, 6.45) is 3.86. The second kappa shape index (κ2) is 6.82. The Balaban J connectivity index is 1.52. The monoisotopic (exact) mass is 381 g/mol. The highest BCUT2D eigenvalue weighted by Crippen LogP contribution is 2.30. The summed E-state index contributed by atoms with van der Waals surface area (Å²) in [6, 6.07) is 6.14. The van der Waals surface area contributed by atoms with Gasteiger partial charge in [0.05, 0.1) is 22.9 Å². The van der Waals surface area contributed by atoms with Crippen molar-refractivity contribution in [3.8, 4) is 6.07 Å². The topological polar surface area (TPSA) is 81.9 Å². The molecule has 2 aromatic rings. The third-order valence-electron chi connectivity index (χ3n) is 5.25. The molecule has 7 heteroatoms. The third kappa shape index (κ3) is 3.24. The SMILES string of the molecule is CC(C)N1CCc2nc(NC3Cc4cc(Cl)cc(C#N)c4C3)ncc2C1=O. The molecule has 1 aliphatic heterocycles. The van der Waals surface area contributed by atoms with Crippen LogP contribution in [-0.2, 0) is 19.3 Å². The average Bonchev–Trinajstić information content (AvgIpc) is 3.02. The summed E-state index contributed by atoms with van der Waals surface area (Å²) in [4.78, 5) is 23.3. The second-order valence-electron chi connectivity index (χ2n) is 7.35. The van der Waals surface area contributed by atoms with E-state index in [1.807, 2.05) is 24.8 Å². The smallest absolute Gasteiger partial charge is 0.257 e. The van der Waals surface area contributed by atoms with Crippen molar-refractivity contribution in [1.82, 2.24) is 14.9 Å². The van der Waals surface area contributed by atoms with Gasteiger partial charge in [-0.25, -0.2) is 9.97 Å². The van der Waals surface area contributed by atoms with Crippen molar-refractivity contribution in [2.45, 2.75) is 45.2 Å². The van der Waals surface area contributed by atoms with E-state index in [0.29, 0.717) is 28.6 Å². The lowest BCUT2D eigenvalue weighted by Gasteiger charge is -2.31. The highest BCUT2D eigenvalue weighted by molar-refractivity contribution is 6.30. The summed E-state index contributed by atoms with van der Waals surface area (Å²) in [5, 5.41) is 13.3. The zero-order valence-corrected chi connectivity index (χ0v) is 16.0. The predicted molar refractivity (Wildman–Crippen MR) is 103 cm³/mol. The number of aromatic nitrogens is 2. The lowest BCUT2D eigenvalue weighted by Crippen LogP contribution is -2.42. The molecule has 1 aromatic heterocycles. The number of halogens is 1. The standard InChI is InChI=1S/C20H20ClN5O/c1-11(2)26-4-3-18-17(19(26)27)10-23-20(25-18)24-15-7-12-5-14(21)6-13(9-22)16(12)8-15/h5-6,10-11,15H,3-4,7-8H2,1-2H3,(H,23,24,25). The Kier molecular flexibility index (Phi) is 4.48. The first kappa shape index (κ1) is 17.7. The molecule has 0 saturated carbocycles. The molecule has 138 valence electrons. The molecule has 0 spiro atoms. The van der Waals surface area contributed by atoms with Crippen molar-refractivity contribution < 1.29 is 4.79 Å². The molecule has 1 N–H and O–H groups in total. The van der Waals surface area contributed by atoms with Crippen molar-refractivity contribution in [2.24, 2.45) is 0 Å². The van der Waals surface area contributed by atoms with Gasteiger partial charge in [0, 0.05) is 36.3 Å². The first-order valence-electron chi connectivity index (χ1n) is 9.11. The number of amides is 1. The van der Waals surface area contributed by atoms with Crippen LogP contribution in [0, 0.1) is 11.3 Å². The van der Waals surface area contributed by atoms with E-state index >= 15 is 0 Å². The molecule has 0 fully saturated rings. The van der Waals surface area contributed by atoms with Gasteiger partial charge in [-0.1, -0.05) is 11.6 Å². The Morgan fingerprint density at radius 2 is 2.19 bits per heavy atom. The summed E-state index contributed by atoms with van der Waals surface area (Å²) in [7, 11) is 0. The Labute approximate surface area is 163 Å². The molecule has 0 saturated heterocycles. The molecule has 0 bridgehead atoms. The van der Waals surface area contributed by atoms with Crippen molar-refractivity contribution >= 4 is 23.5 Å². The van der Waals surface area contributed by atoms with Gasteiger partial charge < -0.3 is 10.2 Å². The summed E-state index contributed by atoms with van der Waals surface area (Å²) in [6.45, 7) is 4.71. The molecule has 2 heterocycles. The van der Waals surface area contributed by atoms with Crippen LogP contribution in [0.25, 0.3) is 0 Å². The zero-order chi connectivity index (χ0) is 19.1. The minimum Gasteiger partial charge on any atom is -0.351 e. The second-order valence-corrected chi connectivity index (χ2v) is 7.79. The summed E-state index contributed by atoms with van der Waals surface area (Å²) in [5.74, 6) is 0.529. The first-order chi connectivity index (χ1) is 13.0. The van der Waals surface area contributed by atoms with E-state index in [0.717, 1.165) is 36.1 Å². The minimum atomic E-state index is -0.000578. The van der Waals surface area contributed by atoms with Crippen LogP contribution >= 0.6 is 11.6 Å². The van der Waals surface area contributed by atoms with Crippen LogP contribution in [0.5, 0.6) is 0 Å². The van der Waals surface area contributed by atoms with Crippen LogP contribution in [0.15, 0.2) is 18.3 Å². The molecule has 2 aliphatic rings. The summed E-state index contributed by atoms with van der Waals surface area (Å²) in [5.41, 5.74) is 4.16. The number of nitrogens with zero attached hydrogens (tertiary/aromatic N) is 4. The molecule has 27 heavy (non-hydrogen) atoms. The van der Waals surface area contributed by atoms with Gasteiger partial charge in [-0.15, -0.1) is 0 Å². The Morgan fingerprint density at radius 1 is 1.37 bits per heavy atom. The predicted octanol–water partition coefficient (Wildman–Crippen LogP) is 2.99. The maximum atomic E-state index is 12.5. The number of nitrogens with one attached hydrogen (secondary N) is 1. The molecule has 1 amide bonds. The highest BCUT2D eigenvalue weighted by atomic mass is 35.5. The van der Waals surface area contributed by atoms with Gasteiger partial charge in [0.1, 0.15) is 0 Å². The van der Waals surface area contributed by atoms with Crippen LogP contribution in [0.3, 0.4) is 0 Å². The largest absolute Gasteiger partial charge is 0.351 e. The normalized spacial score (nSPS) is 18.3. The maximum absolute atomic E-state index is 12.5. The third-order valence-corrected chi connectivity index (χ3v) is 5.47. The lowest BCUT2D eigenvalue weighted by atomic mass is 10.0. The number of benzene rings is 1. The summed E-state index contributed by atoms with van der Waals surface area (Å²) < 4.78 is 0. The van der Waals surface area contributed by atoms with Gasteiger partial charge in [0.2, 0.25) is 5.95 Å². The number of hydrogen-bond donors (Lipinski definition) is 1. The van der Waals surface area contributed by atoms with Crippen LogP contribution in [-0.4, -0.2) is 39.4 Å². The van der Waals surface area contributed by atoms with Gasteiger partial charge in [-0.05, 0) is 49.9 Å². The van der Waals surface area contributed by atoms with Crippen LogP contribution in [0.4, 0.5) is 5.95 Å². The van der Waals surface area contributed by atoms with E-state index in [9.17, 15) is 10.1 Å². The van der Waals surface area contributed by atoms with Crippen LogP contribution < -0.4 is 5.32 Å². The van der Waals surface area contributed by atoms with Crippen molar-refractivity contribution in [3.05, 3.63) is 51.3 Å². The Morgan fingerprint density at radius 3 is 2.93 bits per heavy atom. The number of nitriles is 1. The molecule has 4 rings (SSSR count). The molecule has 6 nitrogen and oxygen atoms in total. The van der Waals surface area contributed by atoms with Crippen molar-refractivity contribution in [3.63, 3.8) is 0 Å². The maximum Gasteiger partial charge on any atom is 0.257 e. The zero-order valence-electron chi connectivity index (χ0n) is 15.3. The molecule has 1 atom stereocenters. The molecule has 1 aromatic carbocycles. The van der Waals surface area contributed by atoms with Gasteiger partial charge in [0.15, 0.2) is 0 Å². The number of carbonyl (C=O) groups is 1. The fourth-order valence-electron chi connectivity index (χ4n) is 3.92. The van der Waals surface area contributed by atoms with E-state index in [1.165, 1.54) is 0 Å². The molecular formula is C20H20ClN5O. The van der Waals surface area contributed by atoms with Gasteiger partial charge >= 0.3 is 0 Å². The fourth-order valence-corrected chi connectivity index (χ4v) is 4.16. The van der Waals surface area contributed by atoms with Crippen molar-refractivity contribution in [2.75, 3.05) is 11.9 Å². The highest BCUT2D eigenvalue weighted by Gasteiger charge is 2.29. The molecule has 0 radical (unpaired) electrons. The number of anilines is 1. The average molecular weight is 382 g/mol. The fraction of sp³-hybridized carbons (Fsp3) is 0.400. The number of rotatable bonds is 3. The quantitative estimate of drug-likeness (QED) is 0.883. The van der Waals surface area contributed by atoms with Gasteiger partial charge in [0.25, 0.3) is 5.91 Å². The van der Waals surface area contributed by atoms with E-state index < -0.39 is 0 Å². The number of fused-ring (bicyclic) bond motifs is 2. The van der Waals surface area contributed by atoms with E-state index in [2.05, 4.69) is 21.4 Å². The molecule has 1 unspecified atom stereocenters. The number of carbonyl (C=O) groups excluding carboxylic acids is 1. The Hall–Kier alpha value is -2.65. The van der Waals surface area contributed by atoms with Crippen molar-refractivity contribution in [1.29, 1.82) is 5.26 Å². The minimum absolute atomic E-state index is 0.000578. The van der Waals surface area contributed by atoms with E-state index in [4.69, 9.17) is 11.6 Å². The lowest BCUT2D eigenvalue weighted by molar-refractivity contribution is 0.0686.